The zero-order valence-electron chi connectivity index (χ0n) is 6.98. The summed E-state index contributed by atoms with van der Waals surface area (Å²) >= 11 is 0. The fourth-order valence-corrected chi connectivity index (χ4v) is 1.42. The normalized spacial score (nSPS) is 11.2. The first kappa shape index (κ1) is 9.90. The molecule has 0 atom stereocenters. The van der Waals surface area contributed by atoms with Crippen molar-refractivity contribution in [3.63, 3.8) is 0 Å². The second-order valence-corrected chi connectivity index (χ2v) is 4.12. The van der Waals surface area contributed by atoms with Crippen molar-refractivity contribution < 1.29 is 8.42 Å². The van der Waals surface area contributed by atoms with Crippen LogP contribution in [-0.2, 0) is 10.0 Å². The number of hydrazine groups is 1. The molecule has 0 unspecified atom stereocenters. The number of nitrogens with two attached hydrogens (primary N) is 1. The summed E-state index contributed by atoms with van der Waals surface area (Å²) in [6.45, 7) is 0. The summed E-state index contributed by atoms with van der Waals surface area (Å²) < 4.78 is 24.6. The number of aromatic nitrogens is 1. The SMILES string of the molecule is CNS(=O)(=O)c1ccc(NN)nc1. The van der Waals surface area contributed by atoms with Gasteiger partial charge in [0.2, 0.25) is 10.0 Å². The maximum Gasteiger partial charge on any atom is 0.241 e. The number of nitrogens with zero attached hydrogens (tertiary/aromatic N) is 1. The quantitative estimate of drug-likeness (QED) is 0.443. The molecule has 0 bridgehead atoms. The van der Waals surface area contributed by atoms with E-state index >= 15 is 0 Å². The van der Waals surface area contributed by atoms with Gasteiger partial charge in [0.15, 0.2) is 0 Å². The summed E-state index contributed by atoms with van der Waals surface area (Å²) in [6, 6.07) is 2.89. The van der Waals surface area contributed by atoms with Crippen LogP contribution < -0.4 is 16.0 Å². The molecule has 0 aliphatic heterocycles. The second kappa shape index (κ2) is 3.69. The summed E-state index contributed by atoms with van der Waals surface area (Å²) in [7, 11) is -2.07. The maximum absolute atomic E-state index is 11.2. The Kier molecular flexibility index (Phi) is 2.81. The summed E-state index contributed by atoms with van der Waals surface area (Å²) in [5.41, 5.74) is 2.30. The number of anilines is 1. The zero-order valence-corrected chi connectivity index (χ0v) is 7.80. The van der Waals surface area contributed by atoms with Crippen LogP contribution in [0.15, 0.2) is 23.2 Å². The lowest BCUT2D eigenvalue weighted by Crippen LogP contribution is -2.19. The van der Waals surface area contributed by atoms with Crippen LogP contribution in [0.1, 0.15) is 0 Å². The molecule has 1 heterocycles. The van der Waals surface area contributed by atoms with E-state index in [4.69, 9.17) is 5.84 Å². The number of nitrogens with one attached hydrogen (secondary N) is 2. The summed E-state index contributed by atoms with van der Waals surface area (Å²) in [4.78, 5) is 3.86. The highest BCUT2D eigenvalue weighted by Crippen LogP contribution is 2.08. The number of sulfonamides is 1. The molecule has 0 aromatic carbocycles. The minimum absolute atomic E-state index is 0.106. The maximum atomic E-state index is 11.2. The third-order valence-corrected chi connectivity index (χ3v) is 2.86. The molecular weight excluding hydrogens is 192 g/mol. The molecule has 13 heavy (non-hydrogen) atoms. The summed E-state index contributed by atoms with van der Waals surface area (Å²) in [6.07, 6.45) is 1.22. The molecule has 0 fully saturated rings. The largest absolute Gasteiger partial charge is 0.308 e. The van der Waals surface area contributed by atoms with Crippen LogP contribution in [0.4, 0.5) is 5.82 Å². The average Bonchev–Trinajstić information content (AvgIpc) is 2.18. The molecule has 1 aromatic heterocycles. The Morgan fingerprint density at radius 2 is 2.15 bits per heavy atom. The molecule has 0 aliphatic carbocycles. The summed E-state index contributed by atoms with van der Waals surface area (Å²) in [5, 5.41) is 0. The highest BCUT2D eigenvalue weighted by Gasteiger charge is 2.10. The van der Waals surface area contributed by atoms with Gasteiger partial charge in [-0.15, -0.1) is 0 Å². The predicted molar refractivity (Wildman–Crippen MR) is 48.3 cm³/mol. The van der Waals surface area contributed by atoms with Gasteiger partial charge in [0.25, 0.3) is 0 Å². The molecule has 0 radical (unpaired) electrons. The van der Waals surface area contributed by atoms with Crippen molar-refractivity contribution in [2.24, 2.45) is 5.84 Å². The lowest BCUT2D eigenvalue weighted by Gasteiger charge is -2.02. The second-order valence-electron chi connectivity index (χ2n) is 2.23. The van der Waals surface area contributed by atoms with Crippen LogP contribution >= 0.6 is 0 Å². The van der Waals surface area contributed by atoms with Crippen LogP contribution in [0.25, 0.3) is 0 Å². The van der Waals surface area contributed by atoms with Crippen molar-refractivity contribution in [2.45, 2.75) is 4.90 Å². The fraction of sp³-hybridized carbons (Fsp3) is 0.167. The van der Waals surface area contributed by atoms with E-state index in [9.17, 15) is 8.42 Å². The van der Waals surface area contributed by atoms with E-state index in [1.165, 1.54) is 25.4 Å². The first-order valence-electron chi connectivity index (χ1n) is 3.46. The Balaban J connectivity index is 3.06. The average molecular weight is 202 g/mol. The number of hydrogen-bond donors (Lipinski definition) is 3. The van der Waals surface area contributed by atoms with Crippen LogP contribution in [0.5, 0.6) is 0 Å². The van der Waals surface area contributed by atoms with Crippen molar-refractivity contribution in [3.8, 4) is 0 Å². The first-order chi connectivity index (χ1) is 6.10. The Hall–Kier alpha value is -1.18. The van der Waals surface area contributed by atoms with Crippen molar-refractivity contribution in [3.05, 3.63) is 18.3 Å². The molecule has 0 amide bonds. The van der Waals surface area contributed by atoms with Crippen LogP contribution in [0.2, 0.25) is 0 Å². The van der Waals surface area contributed by atoms with Gasteiger partial charge in [-0.25, -0.2) is 24.0 Å². The van der Waals surface area contributed by atoms with Crippen molar-refractivity contribution >= 4 is 15.8 Å². The van der Waals surface area contributed by atoms with Crippen LogP contribution in [0, 0.1) is 0 Å². The van der Waals surface area contributed by atoms with Gasteiger partial charge in [0, 0.05) is 6.20 Å². The number of pyridine rings is 1. The minimum Gasteiger partial charge on any atom is -0.308 e. The molecule has 7 heteroatoms. The Morgan fingerprint density at radius 1 is 1.46 bits per heavy atom. The highest BCUT2D eigenvalue weighted by molar-refractivity contribution is 7.89. The molecule has 0 saturated heterocycles. The third kappa shape index (κ3) is 2.14. The van der Waals surface area contributed by atoms with E-state index in [0.717, 1.165) is 0 Å². The van der Waals surface area contributed by atoms with Crippen molar-refractivity contribution in [1.82, 2.24) is 9.71 Å². The van der Waals surface area contributed by atoms with E-state index < -0.39 is 10.0 Å². The van der Waals surface area contributed by atoms with Gasteiger partial charge in [-0.3, -0.25) is 0 Å². The molecule has 0 saturated carbocycles. The van der Waals surface area contributed by atoms with E-state index in [1.807, 2.05) is 0 Å². The lowest BCUT2D eigenvalue weighted by atomic mass is 10.5. The van der Waals surface area contributed by atoms with Crippen molar-refractivity contribution in [1.29, 1.82) is 0 Å². The first-order valence-corrected chi connectivity index (χ1v) is 4.94. The van der Waals surface area contributed by atoms with E-state index in [2.05, 4.69) is 15.1 Å². The van der Waals surface area contributed by atoms with Gasteiger partial charge in [0.05, 0.1) is 0 Å². The predicted octanol–water partition coefficient (Wildman–Crippen LogP) is -0.725. The molecule has 72 valence electrons. The zero-order chi connectivity index (χ0) is 9.90. The highest BCUT2D eigenvalue weighted by atomic mass is 32.2. The molecular formula is C6H10N4O2S. The molecule has 1 aromatic rings. The molecule has 4 N–H and O–H groups in total. The smallest absolute Gasteiger partial charge is 0.241 e. The van der Waals surface area contributed by atoms with E-state index in [-0.39, 0.29) is 4.90 Å². The van der Waals surface area contributed by atoms with Gasteiger partial charge in [0.1, 0.15) is 10.7 Å². The Morgan fingerprint density at radius 3 is 2.54 bits per heavy atom. The minimum atomic E-state index is -3.40. The molecule has 0 spiro atoms. The van der Waals surface area contributed by atoms with E-state index in [0.29, 0.717) is 5.82 Å². The molecule has 6 nitrogen and oxygen atoms in total. The Labute approximate surface area is 76.2 Å². The monoisotopic (exact) mass is 202 g/mol. The van der Waals surface area contributed by atoms with Gasteiger partial charge in [-0.05, 0) is 19.2 Å². The topological polar surface area (TPSA) is 97.1 Å². The Bertz CT molecular complexity index is 372. The number of hydrogen-bond acceptors (Lipinski definition) is 5. The van der Waals surface area contributed by atoms with Gasteiger partial charge in [-0.2, -0.15) is 0 Å². The summed E-state index contributed by atoms with van der Waals surface area (Å²) in [5.74, 6) is 5.48. The lowest BCUT2D eigenvalue weighted by molar-refractivity contribution is 0.588. The standard InChI is InChI=1S/C6H10N4O2S/c1-8-13(11,12)5-2-3-6(10-7)9-4-5/h2-4,8H,7H2,1H3,(H,9,10). The number of nitrogen functional groups attached to an aromatic ring is 1. The third-order valence-electron chi connectivity index (χ3n) is 1.46. The molecule has 1 rings (SSSR count). The van der Waals surface area contributed by atoms with Gasteiger partial charge in [-0.1, -0.05) is 0 Å². The molecule has 0 aliphatic rings. The van der Waals surface area contributed by atoms with Crippen LogP contribution in [0.3, 0.4) is 0 Å². The van der Waals surface area contributed by atoms with Gasteiger partial charge >= 0.3 is 0 Å². The van der Waals surface area contributed by atoms with Gasteiger partial charge < -0.3 is 5.43 Å². The van der Waals surface area contributed by atoms with Crippen LogP contribution in [-0.4, -0.2) is 20.4 Å². The fourth-order valence-electron chi connectivity index (χ4n) is 0.742. The van der Waals surface area contributed by atoms with E-state index in [1.54, 1.807) is 0 Å². The number of rotatable bonds is 3. The van der Waals surface area contributed by atoms with Crippen molar-refractivity contribution in [2.75, 3.05) is 12.5 Å².